The van der Waals surface area contributed by atoms with Crippen molar-refractivity contribution in [1.82, 2.24) is 14.9 Å². The number of carbonyl (C=O) groups is 1. The number of H-pyrrole nitrogens is 1. The lowest BCUT2D eigenvalue weighted by molar-refractivity contribution is -0.132. The summed E-state index contributed by atoms with van der Waals surface area (Å²) in [5.74, 6) is 1.18. The Hall–Kier alpha value is -1.89. The molecule has 3 rings (SSSR count). The average Bonchev–Trinajstić information content (AvgIpc) is 3.10. The topological polar surface area (TPSA) is 83.1 Å². The molecule has 1 atom stereocenters. The monoisotopic (exact) mass is 349 g/mol. The highest BCUT2D eigenvalue weighted by Crippen LogP contribution is 2.20. The van der Waals surface area contributed by atoms with Gasteiger partial charge in [-0.1, -0.05) is 13.0 Å². The summed E-state index contributed by atoms with van der Waals surface area (Å²) in [7, 11) is -2.99. The largest absolute Gasteiger partial charge is 0.342 e. The van der Waals surface area contributed by atoms with Crippen LogP contribution in [0.3, 0.4) is 0 Å². The van der Waals surface area contributed by atoms with Crippen LogP contribution in [0.15, 0.2) is 18.2 Å². The van der Waals surface area contributed by atoms with Crippen molar-refractivity contribution < 1.29 is 13.2 Å². The lowest BCUT2D eigenvalue weighted by atomic mass is 10.1. The predicted molar refractivity (Wildman–Crippen MR) is 93.6 cm³/mol. The van der Waals surface area contributed by atoms with Gasteiger partial charge >= 0.3 is 0 Å². The minimum atomic E-state index is -2.99. The quantitative estimate of drug-likeness (QED) is 0.891. The number of fused-ring (bicyclic) bond motifs is 1. The lowest BCUT2D eigenvalue weighted by Crippen LogP contribution is -2.41. The first-order valence-electron chi connectivity index (χ1n) is 8.39. The fourth-order valence-electron chi connectivity index (χ4n) is 3.32. The average molecular weight is 349 g/mol. The first-order valence-corrected chi connectivity index (χ1v) is 10.2. The zero-order valence-corrected chi connectivity index (χ0v) is 14.9. The molecule has 1 saturated heterocycles. The fraction of sp³-hybridized carbons (Fsp3) is 0.529. The third kappa shape index (κ3) is 3.45. The van der Waals surface area contributed by atoms with E-state index < -0.39 is 9.84 Å². The van der Waals surface area contributed by atoms with E-state index in [1.807, 2.05) is 32.0 Å². The van der Waals surface area contributed by atoms with Crippen LogP contribution < -0.4 is 0 Å². The van der Waals surface area contributed by atoms with Crippen LogP contribution in [0.5, 0.6) is 0 Å². The molecule has 0 spiro atoms. The molecule has 1 aromatic heterocycles. The summed E-state index contributed by atoms with van der Waals surface area (Å²) >= 11 is 0. The van der Waals surface area contributed by atoms with Gasteiger partial charge in [-0.05, 0) is 31.0 Å². The summed E-state index contributed by atoms with van der Waals surface area (Å²) in [6, 6.07) is 5.61. The number of hydrogen-bond donors (Lipinski definition) is 1. The third-order valence-corrected chi connectivity index (χ3v) is 6.35. The van der Waals surface area contributed by atoms with Crippen molar-refractivity contribution in [3.63, 3.8) is 0 Å². The number of aryl methyl sites for hydroxylation is 1. The standard InChI is InChI=1S/C17H23N3O3S/c1-3-16-18-14-6-5-12(9-15(14)19-16)10-17(21)20(4-2)13-7-8-24(22,23)11-13/h5-6,9,13H,3-4,7-8,10-11H2,1-2H3,(H,18,19). The van der Waals surface area contributed by atoms with Gasteiger partial charge in [-0.3, -0.25) is 4.79 Å². The molecular formula is C17H23N3O3S. The number of benzene rings is 1. The molecular weight excluding hydrogens is 326 g/mol. The van der Waals surface area contributed by atoms with Gasteiger partial charge in [0.2, 0.25) is 5.91 Å². The molecule has 2 aromatic rings. The molecule has 2 heterocycles. The second kappa shape index (κ2) is 6.55. The molecule has 0 radical (unpaired) electrons. The van der Waals surface area contributed by atoms with Crippen molar-refractivity contribution in [2.24, 2.45) is 0 Å². The van der Waals surface area contributed by atoms with Crippen LogP contribution in [0.1, 0.15) is 31.7 Å². The Morgan fingerprint density at radius 2 is 2.17 bits per heavy atom. The molecule has 130 valence electrons. The van der Waals surface area contributed by atoms with E-state index in [4.69, 9.17) is 0 Å². The summed E-state index contributed by atoms with van der Waals surface area (Å²) in [6.07, 6.45) is 1.66. The van der Waals surface area contributed by atoms with Crippen LogP contribution in [-0.4, -0.2) is 53.3 Å². The van der Waals surface area contributed by atoms with Crippen LogP contribution in [0, 0.1) is 0 Å². The normalized spacial score (nSPS) is 19.7. The van der Waals surface area contributed by atoms with Gasteiger partial charge in [-0.2, -0.15) is 0 Å². The highest BCUT2D eigenvalue weighted by atomic mass is 32.2. The summed E-state index contributed by atoms with van der Waals surface area (Å²) < 4.78 is 23.3. The Balaban J connectivity index is 1.75. The number of nitrogens with one attached hydrogen (secondary N) is 1. The Morgan fingerprint density at radius 1 is 1.38 bits per heavy atom. The second-order valence-corrected chi connectivity index (χ2v) is 8.53. The highest BCUT2D eigenvalue weighted by Gasteiger charge is 2.33. The molecule has 0 saturated carbocycles. The molecule has 7 heteroatoms. The van der Waals surface area contributed by atoms with Gasteiger partial charge in [0.05, 0.1) is 29.0 Å². The van der Waals surface area contributed by atoms with Crippen molar-refractivity contribution in [3.05, 3.63) is 29.6 Å². The van der Waals surface area contributed by atoms with Crippen LogP contribution in [0.25, 0.3) is 11.0 Å². The van der Waals surface area contributed by atoms with Crippen LogP contribution >= 0.6 is 0 Å². The number of likely N-dealkylation sites (N-methyl/N-ethyl adjacent to an activating group) is 1. The van der Waals surface area contributed by atoms with E-state index in [1.165, 1.54) is 0 Å². The van der Waals surface area contributed by atoms with Crippen molar-refractivity contribution in [3.8, 4) is 0 Å². The number of imidazole rings is 1. The predicted octanol–water partition coefficient (Wildman–Crippen LogP) is 1.70. The number of rotatable bonds is 5. The maximum Gasteiger partial charge on any atom is 0.227 e. The van der Waals surface area contributed by atoms with Crippen molar-refractivity contribution in [1.29, 1.82) is 0 Å². The highest BCUT2D eigenvalue weighted by molar-refractivity contribution is 7.91. The first kappa shape index (κ1) is 17.0. The van der Waals surface area contributed by atoms with E-state index in [0.29, 0.717) is 13.0 Å². The van der Waals surface area contributed by atoms with Crippen LogP contribution in [-0.2, 0) is 27.5 Å². The number of aromatic amines is 1. The zero-order valence-electron chi connectivity index (χ0n) is 14.1. The molecule has 6 nitrogen and oxygen atoms in total. The third-order valence-electron chi connectivity index (χ3n) is 4.60. The Kier molecular flexibility index (Phi) is 4.62. The second-order valence-electron chi connectivity index (χ2n) is 6.30. The zero-order chi connectivity index (χ0) is 17.3. The molecule has 1 amide bonds. The van der Waals surface area contributed by atoms with Gasteiger partial charge in [0.1, 0.15) is 5.82 Å². The Labute approximate surface area is 142 Å². The van der Waals surface area contributed by atoms with Crippen LogP contribution in [0.4, 0.5) is 0 Å². The number of hydrogen-bond acceptors (Lipinski definition) is 4. The number of nitrogens with zero attached hydrogens (tertiary/aromatic N) is 2. The first-order chi connectivity index (χ1) is 11.4. The smallest absolute Gasteiger partial charge is 0.227 e. The Morgan fingerprint density at radius 3 is 2.79 bits per heavy atom. The summed E-state index contributed by atoms with van der Waals surface area (Å²) in [6.45, 7) is 4.47. The van der Waals surface area contributed by atoms with E-state index in [-0.39, 0.29) is 29.9 Å². The van der Waals surface area contributed by atoms with E-state index in [0.717, 1.165) is 28.8 Å². The lowest BCUT2D eigenvalue weighted by Gasteiger charge is -2.27. The van der Waals surface area contributed by atoms with Gasteiger partial charge in [0.15, 0.2) is 9.84 Å². The van der Waals surface area contributed by atoms with Gasteiger partial charge in [0, 0.05) is 19.0 Å². The summed E-state index contributed by atoms with van der Waals surface area (Å²) in [5.41, 5.74) is 2.75. The molecule has 1 aliphatic rings. The van der Waals surface area contributed by atoms with E-state index in [9.17, 15) is 13.2 Å². The van der Waals surface area contributed by atoms with Crippen molar-refractivity contribution >= 4 is 26.8 Å². The molecule has 0 bridgehead atoms. The molecule has 24 heavy (non-hydrogen) atoms. The number of amides is 1. The van der Waals surface area contributed by atoms with E-state index in [2.05, 4.69) is 9.97 Å². The fourth-order valence-corrected chi connectivity index (χ4v) is 5.05. The maximum atomic E-state index is 12.6. The van der Waals surface area contributed by atoms with Gasteiger partial charge < -0.3 is 9.88 Å². The molecule has 1 N–H and O–H groups in total. The summed E-state index contributed by atoms with van der Waals surface area (Å²) in [4.78, 5) is 22.1. The van der Waals surface area contributed by atoms with Gasteiger partial charge in [-0.25, -0.2) is 13.4 Å². The molecule has 1 unspecified atom stereocenters. The Bertz CT molecular complexity index is 857. The molecule has 1 aliphatic heterocycles. The molecule has 1 fully saturated rings. The number of carbonyl (C=O) groups excluding carboxylic acids is 1. The van der Waals surface area contributed by atoms with Crippen LogP contribution in [0.2, 0.25) is 0 Å². The summed E-state index contributed by atoms with van der Waals surface area (Å²) in [5, 5.41) is 0. The molecule has 0 aliphatic carbocycles. The number of sulfone groups is 1. The minimum Gasteiger partial charge on any atom is -0.342 e. The minimum absolute atomic E-state index is 0.0193. The maximum absolute atomic E-state index is 12.6. The van der Waals surface area contributed by atoms with Gasteiger partial charge in [-0.15, -0.1) is 0 Å². The van der Waals surface area contributed by atoms with Crippen molar-refractivity contribution in [2.45, 2.75) is 39.2 Å². The van der Waals surface area contributed by atoms with Gasteiger partial charge in [0.25, 0.3) is 0 Å². The SMILES string of the molecule is CCc1nc2ccc(CC(=O)N(CC)C3CCS(=O)(=O)C3)cc2[nH]1. The van der Waals surface area contributed by atoms with E-state index >= 15 is 0 Å². The van der Waals surface area contributed by atoms with E-state index in [1.54, 1.807) is 4.90 Å². The molecule has 1 aromatic carbocycles. The number of aromatic nitrogens is 2. The van der Waals surface area contributed by atoms with Crippen molar-refractivity contribution in [2.75, 3.05) is 18.1 Å².